The Kier molecular flexibility index (Phi) is 4.49. The molecular weight excluding hydrogens is 260 g/mol. The van der Waals surface area contributed by atoms with Gasteiger partial charge in [0.2, 0.25) is 0 Å². The number of amides is 1. The number of nitrogens with one attached hydrogen (secondary N) is 1. The van der Waals surface area contributed by atoms with Crippen LogP contribution in [0.1, 0.15) is 0 Å². The smallest absolute Gasteiger partial charge is 0.325 e. The van der Waals surface area contributed by atoms with Gasteiger partial charge >= 0.3 is 5.97 Å². The lowest BCUT2D eigenvalue weighted by Crippen LogP contribution is -2.33. The van der Waals surface area contributed by atoms with E-state index in [4.69, 9.17) is 4.74 Å². The van der Waals surface area contributed by atoms with Gasteiger partial charge in [-0.2, -0.15) is 0 Å². The lowest BCUT2D eigenvalue weighted by Gasteiger charge is -2.07. The Morgan fingerprint density at radius 3 is 2.90 bits per heavy atom. The van der Waals surface area contributed by atoms with Gasteiger partial charge in [0.05, 0.1) is 18.8 Å². The van der Waals surface area contributed by atoms with Gasteiger partial charge in [-0.1, -0.05) is 18.2 Å². The lowest BCUT2D eigenvalue weighted by molar-refractivity contribution is -0.141. The summed E-state index contributed by atoms with van der Waals surface area (Å²) in [4.78, 5) is 26.5. The summed E-state index contributed by atoms with van der Waals surface area (Å²) in [5.41, 5.74) is 0.856. The van der Waals surface area contributed by atoms with E-state index in [9.17, 15) is 9.59 Å². The first-order valence-corrected chi connectivity index (χ1v) is 6.00. The molecule has 0 spiro atoms. The molecule has 104 valence electrons. The second kappa shape index (κ2) is 6.51. The summed E-state index contributed by atoms with van der Waals surface area (Å²) in [6.07, 6.45) is 1.55. The van der Waals surface area contributed by atoms with Crippen LogP contribution in [-0.2, 0) is 14.3 Å². The number of methoxy groups -OCH3 is 1. The Balaban J connectivity index is 1.89. The second-order valence-electron chi connectivity index (χ2n) is 4.01. The number of fused-ring (bicyclic) bond motifs is 1. The normalized spacial score (nSPS) is 10.1. The van der Waals surface area contributed by atoms with Crippen LogP contribution in [0.4, 0.5) is 0 Å². The highest BCUT2D eigenvalue weighted by Gasteiger charge is 2.06. The van der Waals surface area contributed by atoms with E-state index in [1.54, 1.807) is 12.3 Å². The van der Waals surface area contributed by atoms with Gasteiger partial charge in [0, 0.05) is 5.39 Å². The maximum Gasteiger partial charge on any atom is 0.325 e. The van der Waals surface area contributed by atoms with Gasteiger partial charge in [-0.25, -0.2) is 0 Å². The SMILES string of the molecule is COC(=O)CNC(=O)COc1cnc2ccccc2c1. The van der Waals surface area contributed by atoms with E-state index < -0.39 is 11.9 Å². The topological polar surface area (TPSA) is 77.5 Å². The molecule has 0 atom stereocenters. The van der Waals surface area contributed by atoms with Crippen molar-refractivity contribution in [1.82, 2.24) is 10.3 Å². The van der Waals surface area contributed by atoms with Crippen LogP contribution in [0.15, 0.2) is 36.5 Å². The maximum absolute atomic E-state index is 11.4. The predicted octanol–water partition coefficient (Wildman–Crippen LogP) is 0.903. The molecule has 0 aliphatic carbocycles. The van der Waals surface area contributed by atoms with Crippen molar-refractivity contribution in [2.75, 3.05) is 20.3 Å². The molecule has 0 bridgehead atoms. The monoisotopic (exact) mass is 274 g/mol. The summed E-state index contributed by atoms with van der Waals surface area (Å²) >= 11 is 0. The van der Waals surface area contributed by atoms with Crippen LogP contribution in [-0.4, -0.2) is 37.1 Å². The van der Waals surface area contributed by atoms with Crippen molar-refractivity contribution in [3.05, 3.63) is 36.5 Å². The molecular formula is C14H14N2O4. The zero-order valence-corrected chi connectivity index (χ0v) is 11.0. The first-order chi connectivity index (χ1) is 9.69. The summed E-state index contributed by atoms with van der Waals surface area (Å²) in [7, 11) is 1.26. The number of esters is 1. The Morgan fingerprint density at radius 2 is 2.10 bits per heavy atom. The van der Waals surface area contributed by atoms with Crippen molar-refractivity contribution >= 4 is 22.8 Å². The van der Waals surface area contributed by atoms with Gasteiger partial charge < -0.3 is 14.8 Å². The molecule has 6 nitrogen and oxygen atoms in total. The number of carbonyl (C=O) groups excluding carboxylic acids is 2. The minimum Gasteiger partial charge on any atom is -0.482 e. The van der Waals surface area contributed by atoms with Crippen molar-refractivity contribution in [2.24, 2.45) is 0 Å². The van der Waals surface area contributed by atoms with Crippen molar-refractivity contribution < 1.29 is 19.1 Å². The summed E-state index contributed by atoms with van der Waals surface area (Å²) in [6.45, 7) is -0.355. The number of hydrogen-bond acceptors (Lipinski definition) is 5. The fraction of sp³-hybridized carbons (Fsp3) is 0.214. The fourth-order valence-electron chi connectivity index (χ4n) is 1.57. The third kappa shape index (κ3) is 3.68. The predicted molar refractivity (Wildman–Crippen MR) is 72.3 cm³/mol. The average Bonchev–Trinajstić information content (AvgIpc) is 2.50. The molecule has 2 rings (SSSR count). The van der Waals surface area contributed by atoms with Crippen LogP contribution in [0.25, 0.3) is 10.9 Å². The number of ether oxygens (including phenoxy) is 2. The van der Waals surface area contributed by atoms with Crippen LogP contribution in [0.2, 0.25) is 0 Å². The minimum absolute atomic E-state index is 0.172. The van der Waals surface area contributed by atoms with Gasteiger partial charge in [-0.05, 0) is 12.1 Å². The van der Waals surface area contributed by atoms with Crippen molar-refractivity contribution in [2.45, 2.75) is 0 Å². The zero-order valence-electron chi connectivity index (χ0n) is 11.0. The van der Waals surface area contributed by atoms with E-state index in [2.05, 4.69) is 15.0 Å². The Morgan fingerprint density at radius 1 is 1.30 bits per heavy atom. The minimum atomic E-state index is -0.509. The van der Waals surface area contributed by atoms with E-state index >= 15 is 0 Å². The van der Waals surface area contributed by atoms with Gasteiger partial charge in [-0.3, -0.25) is 14.6 Å². The zero-order chi connectivity index (χ0) is 14.4. The Hall–Kier alpha value is -2.63. The molecule has 0 unspecified atom stereocenters. The number of benzene rings is 1. The number of para-hydroxylation sites is 1. The molecule has 0 aliphatic rings. The average molecular weight is 274 g/mol. The standard InChI is InChI=1S/C14H14N2O4/c1-19-14(18)8-16-13(17)9-20-11-6-10-4-2-3-5-12(10)15-7-11/h2-7H,8-9H2,1H3,(H,16,17). The molecule has 0 saturated carbocycles. The summed E-state index contributed by atoms with van der Waals surface area (Å²) in [6, 6.07) is 9.40. The summed E-state index contributed by atoms with van der Waals surface area (Å²) < 4.78 is 9.72. The first-order valence-electron chi connectivity index (χ1n) is 6.00. The van der Waals surface area contributed by atoms with E-state index in [1.807, 2.05) is 24.3 Å². The van der Waals surface area contributed by atoms with Crippen molar-refractivity contribution in [3.8, 4) is 5.75 Å². The van der Waals surface area contributed by atoms with Crippen molar-refractivity contribution in [1.29, 1.82) is 0 Å². The molecule has 0 fully saturated rings. The van der Waals surface area contributed by atoms with Crippen LogP contribution < -0.4 is 10.1 Å². The number of nitrogens with zero attached hydrogens (tertiary/aromatic N) is 1. The van der Waals surface area contributed by atoms with Crippen LogP contribution >= 0.6 is 0 Å². The number of aromatic nitrogens is 1. The molecule has 0 saturated heterocycles. The molecule has 1 N–H and O–H groups in total. The fourth-order valence-corrected chi connectivity index (χ4v) is 1.57. The highest BCUT2D eigenvalue weighted by molar-refractivity contribution is 5.83. The number of pyridine rings is 1. The lowest BCUT2D eigenvalue weighted by atomic mass is 10.2. The second-order valence-corrected chi connectivity index (χ2v) is 4.01. The molecule has 0 radical (unpaired) electrons. The Bertz CT molecular complexity index is 627. The molecule has 1 amide bonds. The number of rotatable bonds is 5. The quantitative estimate of drug-likeness (QED) is 0.820. The van der Waals surface area contributed by atoms with Gasteiger partial charge in [0.15, 0.2) is 6.61 Å². The maximum atomic E-state index is 11.4. The van der Waals surface area contributed by atoms with Gasteiger partial charge in [0.25, 0.3) is 5.91 Å². The third-order valence-electron chi connectivity index (χ3n) is 2.59. The largest absolute Gasteiger partial charge is 0.482 e. The van der Waals surface area contributed by atoms with Crippen molar-refractivity contribution in [3.63, 3.8) is 0 Å². The van der Waals surface area contributed by atoms with Gasteiger partial charge in [-0.15, -0.1) is 0 Å². The van der Waals surface area contributed by atoms with Gasteiger partial charge in [0.1, 0.15) is 12.3 Å². The number of carbonyl (C=O) groups is 2. The highest BCUT2D eigenvalue weighted by Crippen LogP contribution is 2.17. The summed E-state index contributed by atoms with van der Waals surface area (Å²) in [5, 5.41) is 3.31. The van der Waals surface area contributed by atoms with Crippen LogP contribution in [0.5, 0.6) is 5.75 Å². The van der Waals surface area contributed by atoms with E-state index in [1.165, 1.54) is 7.11 Å². The highest BCUT2D eigenvalue weighted by atomic mass is 16.5. The number of hydrogen-bond donors (Lipinski definition) is 1. The summed E-state index contributed by atoms with van der Waals surface area (Å²) in [5.74, 6) is -0.411. The molecule has 1 aromatic carbocycles. The van der Waals surface area contributed by atoms with E-state index in [0.717, 1.165) is 10.9 Å². The third-order valence-corrected chi connectivity index (χ3v) is 2.59. The first kappa shape index (κ1) is 13.8. The molecule has 1 aromatic heterocycles. The van der Waals surface area contributed by atoms with Crippen LogP contribution in [0.3, 0.4) is 0 Å². The van der Waals surface area contributed by atoms with E-state index in [-0.39, 0.29) is 13.2 Å². The molecule has 1 heterocycles. The Labute approximate surface area is 115 Å². The van der Waals surface area contributed by atoms with E-state index in [0.29, 0.717) is 5.75 Å². The molecule has 6 heteroatoms. The molecule has 0 aliphatic heterocycles. The van der Waals surface area contributed by atoms with Crippen LogP contribution in [0, 0.1) is 0 Å². The molecule has 2 aromatic rings. The molecule has 20 heavy (non-hydrogen) atoms.